The molecular weight excluding hydrogens is 220 g/mol. The van der Waals surface area contributed by atoms with Crippen LogP contribution in [-0.4, -0.2) is 36.1 Å². The SMILES string of the molecule is CCCCCN(C(C)C)C(CCC)CNC(C)C. The van der Waals surface area contributed by atoms with Crippen LogP contribution >= 0.6 is 0 Å². The minimum atomic E-state index is 0.592. The average Bonchev–Trinajstić information content (AvgIpc) is 2.30. The minimum Gasteiger partial charge on any atom is -0.313 e. The predicted octanol–water partition coefficient (Wildman–Crippen LogP) is 4.05. The number of rotatable bonds is 11. The minimum absolute atomic E-state index is 0.592. The molecule has 0 rings (SSSR count). The smallest absolute Gasteiger partial charge is 0.0223 e. The van der Waals surface area contributed by atoms with Crippen molar-refractivity contribution in [3.8, 4) is 0 Å². The highest BCUT2D eigenvalue weighted by molar-refractivity contribution is 4.77. The molecule has 0 radical (unpaired) electrons. The fourth-order valence-corrected chi connectivity index (χ4v) is 2.50. The Kier molecular flexibility index (Phi) is 10.8. The molecule has 0 spiro atoms. The third-order valence-corrected chi connectivity index (χ3v) is 3.54. The van der Waals surface area contributed by atoms with Crippen LogP contribution < -0.4 is 5.32 Å². The van der Waals surface area contributed by atoms with Gasteiger partial charge in [0.15, 0.2) is 0 Å². The van der Waals surface area contributed by atoms with Crippen molar-refractivity contribution in [1.29, 1.82) is 0 Å². The van der Waals surface area contributed by atoms with Crippen molar-refractivity contribution in [2.24, 2.45) is 0 Å². The number of hydrogen-bond acceptors (Lipinski definition) is 2. The Morgan fingerprint density at radius 3 is 2.06 bits per heavy atom. The molecule has 0 fully saturated rings. The van der Waals surface area contributed by atoms with E-state index in [9.17, 15) is 0 Å². The molecule has 0 saturated carbocycles. The second-order valence-electron chi connectivity index (χ2n) is 6.04. The highest BCUT2D eigenvalue weighted by atomic mass is 15.2. The normalized spacial score (nSPS) is 13.8. The highest BCUT2D eigenvalue weighted by Crippen LogP contribution is 2.13. The number of nitrogens with one attached hydrogen (secondary N) is 1. The molecule has 0 saturated heterocycles. The average molecular weight is 256 g/mol. The number of hydrogen-bond donors (Lipinski definition) is 1. The summed E-state index contributed by atoms with van der Waals surface area (Å²) in [5.41, 5.74) is 0. The Morgan fingerprint density at radius 2 is 1.61 bits per heavy atom. The molecule has 0 heterocycles. The Morgan fingerprint density at radius 1 is 0.944 bits per heavy atom. The van der Waals surface area contributed by atoms with Crippen molar-refractivity contribution in [3.05, 3.63) is 0 Å². The van der Waals surface area contributed by atoms with E-state index in [4.69, 9.17) is 0 Å². The van der Waals surface area contributed by atoms with Crippen LogP contribution in [0.25, 0.3) is 0 Å². The lowest BCUT2D eigenvalue weighted by Crippen LogP contribution is -2.47. The molecule has 2 nitrogen and oxygen atoms in total. The maximum absolute atomic E-state index is 3.61. The number of unbranched alkanes of at least 4 members (excludes halogenated alkanes) is 2. The molecule has 0 aliphatic rings. The lowest BCUT2D eigenvalue weighted by Gasteiger charge is -2.35. The number of nitrogens with zero attached hydrogens (tertiary/aromatic N) is 1. The van der Waals surface area contributed by atoms with Gasteiger partial charge >= 0.3 is 0 Å². The summed E-state index contributed by atoms with van der Waals surface area (Å²) in [6.45, 7) is 16.1. The van der Waals surface area contributed by atoms with Gasteiger partial charge in [-0.2, -0.15) is 0 Å². The third-order valence-electron chi connectivity index (χ3n) is 3.54. The second kappa shape index (κ2) is 10.8. The van der Waals surface area contributed by atoms with Crippen LogP contribution in [0.3, 0.4) is 0 Å². The molecule has 18 heavy (non-hydrogen) atoms. The fraction of sp³-hybridized carbons (Fsp3) is 1.00. The molecule has 0 aliphatic heterocycles. The summed E-state index contributed by atoms with van der Waals surface area (Å²) in [6, 6.07) is 1.95. The first-order valence-corrected chi connectivity index (χ1v) is 8.01. The Labute approximate surface area is 116 Å². The highest BCUT2D eigenvalue weighted by Gasteiger charge is 2.19. The summed E-state index contributed by atoms with van der Waals surface area (Å²) in [5.74, 6) is 0. The molecule has 1 atom stereocenters. The van der Waals surface area contributed by atoms with Crippen molar-refractivity contribution in [2.75, 3.05) is 13.1 Å². The van der Waals surface area contributed by atoms with Gasteiger partial charge in [-0.15, -0.1) is 0 Å². The standard InChI is InChI=1S/C16H36N2/c1-7-9-10-12-18(15(5)6)16(11-8-2)13-17-14(3)4/h14-17H,7-13H2,1-6H3. The molecule has 110 valence electrons. The van der Waals surface area contributed by atoms with Crippen LogP contribution in [-0.2, 0) is 0 Å². The second-order valence-corrected chi connectivity index (χ2v) is 6.04. The summed E-state index contributed by atoms with van der Waals surface area (Å²) < 4.78 is 0. The molecular formula is C16H36N2. The van der Waals surface area contributed by atoms with Gasteiger partial charge in [-0.3, -0.25) is 4.90 Å². The van der Waals surface area contributed by atoms with Crippen LogP contribution in [0.5, 0.6) is 0 Å². The van der Waals surface area contributed by atoms with Gasteiger partial charge in [0.1, 0.15) is 0 Å². The van der Waals surface area contributed by atoms with E-state index in [1.165, 1.54) is 38.6 Å². The fourth-order valence-electron chi connectivity index (χ4n) is 2.50. The molecule has 0 aliphatic carbocycles. The third kappa shape index (κ3) is 8.10. The van der Waals surface area contributed by atoms with Crippen LogP contribution in [0.2, 0.25) is 0 Å². The van der Waals surface area contributed by atoms with Crippen LogP contribution in [0.4, 0.5) is 0 Å². The quantitative estimate of drug-likeness (QED) is 0.561. The van der Waals surface area contributed by atoms with E-state index < -0.39 is 0 Å². The topological polar surface area (TPSA) is 15.3 Å². The molecule has 0 aromatic heterocycles. The largest absolute Gasteiger partial charge is 0.313 e. The van der Waals surface area contributed by atoms with Crippen molar-refractivity contribution < 1.29 is 0 Å². The van der Waals surface area contributed by atoms with Gasteiger partial charge in [-0.05, 0) is 33.2 Å². The molecule has 0 bridgehead atoms. The summed E-state index contributed by atoms with van der Waals surface area (Å²) in [7, 11) is 0. The van der Waals surface area contributed by atoms with E-state index in [-0.39, 0.29) is 0 Å². The maximum Gasteiger partial charge on any atom is 0.0223 e. The first-order valence-electron chi connectivity index (χ1n) is 8.01. The lowest BCUT2D eigenvalue weighted by atomic mass is 10.1. The summed E-state index contributed by atoms with van der Waals surface area (Å²) in [4.78, 5) is 2.70. The lowest BCUT2D eigenvalue weighted by molar-refractivity contribution is 0.137. The molecule has 1 unspecified atom stereocenters. The first kappa shape index (κ1) is 17.9. The monoisotopic (exact) mass is 256 g/mol. The van der Waals surface area contributed by atoms with Gasteiger partial charge < -0.3 is 5.32 Å². The zero-order valence-corrected chi connectivity index (χ0v) is 13.6. The van der Waals surface area contributed by atoms with Crippen molar-refractivity contribution in [1.82, 2.24) is 10.2 Å². The van der Waals surface area contributed by atoms with Crippen molar-refractivity contribution >= 4 is 0 Å². The van der Waals surface area contributed by atoms with E-state index in [1.54, 1.807) is 0 Å². The van der Waals surface area contributed by atoms with Gasteiger partial charge in [0.2, 0.25) is 0 Å². The van der Waals surface area contributed by atoms with Gasteiger partial charge in [0, 0.05) is 24.7 Å². The summed E-state index contributed by atoms with van der Waals surface area (Å²) in [6.07, 6.45) is 6.61. The van der Waals surface area contributed by atoms with Crippen LogP contribution in [0.15, 0.2) is 0 Å². The molecule has 2 heteroatoms. The van der Waals surface area contributed by atoms with Crippen LogP contribution in [0.1, 0.15) is 73.6 Å². The van der Waals surface area contributed by atoms with Gasteiger partial charge in [-0.25, -0.2) is 0 Å². The van der Waals surface area contributed by atoms with Gasteiger partial charge in [0.25, 0.3) is 0 Å². The van der Waals surface area contributed by atoms with E-state index in [2.05, 4.69) is 51.8 Å². The van der Waals surface area contributed by atoms with E-state index in [1.807, 2.05) is 0 Å². The molecule has 0 aromatic rings. The maximum atomic E-state index is 3.61. The first-order chi connectivity index (χ1) is 8.52. The van der Waals surface area contributed by atoms with Gasteiger partial charge in [-0.1, -0.05) is 47.0 Å². The Hall–Kier alpha value is -0.0800. The Bertz CT molecular complexity index is 178. The summed E-state index contributed by atoms with van der Waals surface area (Å²) in [5, 5.41) is 3.61. The molecule has 0 aromatic carbocycles. The zero-order valence-electron chi connectivity index (χ0n) is 13.6. The summed E-state index contributed by atoms with van der Waals surface area (Å²) >= 11 is 0. The van der Waals surface area contributed by atoms with Crippen molar-refractivity contribution in [3.63, 3.8) is 0 Å². The van der Waals surface area contributed by atoms with Gasteiger partial charge in [0.05, 0.1) is 0 Å². The van der Waals surface area contributed by atoms with Crippen molar-refractivity contribution in [2.45, 2.75) is 91.8 Å². The molecule has 1 N–H and O–H groups in total. The van der Waals surface area contributed by atoms with E-state index in [0.717, 1.165) is 6.54 Å². The predicted molar refractivity (Wildman–Crippen MR) is 83.2 cm³/mol. The van der Waals surface area contributed by atoms with E-state index in [0.29, 0.717) is 18.1 Å². The zero-order chi connectivity index (χ0) is 14.0. The van der Waals surface area contributed by atoms with E-state index >= 15 is 0 Å². The van der Waals surface area contributed by atoms with Crippen LogP contribution in [0, 0.1) is 0 Å². The Balaban J connectivity index is 4.34. The molecule has 0 amide bonds.